The highest BCUT2D eigenvalue weighted by Crippen LogP contribution is 2.22. The van der Waals surface area contributed by atoms with Crippen molar-refractivity contribution in [1.29, 1.82) is 0 Å². The van der Waals surface area contributed by atoms with Crippen molar-refractivity contribution in [2.45, 2.75) is 40.3 Å². The molecular weight excluding hydrogens is 492 g/mol. The average molecular weight is 527 g/mol. The summed E-state index contributed by atoms with van der Waals surface area (Å²) < 4.78 is 10.9. The van der Waals surface area contributed by atoms with Crippen LogP contribution in [0, 0.1) is 12.3 Å². The zero-order valence-electron chi connectivity index (χ0n) is 22.0. The van der Waals surface area contributed by atoms with Gasteiger partial charge in [-0.1, -0.05) is 42.0 Å². The molecule has 1 heterocycles. The number of carbonyl (C=O) groups excluding carboxylic acids is 2. The van der Waals surface area contributed by atoms with Gasteiger partial charge in [0.25, 0.3) is 0 Å². The van der Waals surface area contributed by atoms with Crippen molar-refractivity contribution < 1.29 is 18.7 Å². The molecule has 3 rings (SSSR count). The van der Waals surface area contributed by atoms with Gasteiger partial charge in [-0.25, -0.2) is 0 Å². The molecule has 0 unspecified atom stereocenters. The lowest BCUT2D eigenvalue weighted by Crippen LogP contribution is -2.48. The van der Waals surface area contributed by atoms with Crippen molar-refractivity contribution in [3.05, 3.63) is 81.7 Å². The third-order valence-corrected chi connectivity index (χ3v) is 6.90. The molecule has 3 aromatic rings. The predicted octanol–water partition coefficient (Wildman–Crippen LogP) is 4.76. The highest BCUT2D eigenvalue weighted by molar-refractivity contribution is 6.19. The van der Waals surface area contributed by atoms with Gasteiger partial charge >= 0.3 is 0 Å². The molecule has 0 saturated carbocycles. The Bertz CT molecular complexity index is 1270. The third-order valence-electron chi connectivity index (χ3n) is 6.23. The maximum atomic E-state index is 13.7. The fourth-order valence-electron chi connectivity index (χ4n) is 4.04. The minimum absolute atomic E-state index is 0.0545. The number of ether oxygens (including phenoxy) is 1. The van der Waals surface area contributed by atoms with Crippen molar-refractivity contribution in [3.63, 3.8) is 0 Å². The topological polar surface area (TPSA) is 80.1 Å². The first-order valence-electron chi connectivity index (χ1n) is 12.3. The van der Waals surface area contributed by atoms with E-state index in [1.807, 2.05) is 43.3 Å². The molecule has 0 fully saturated rings. The summed E-state index contributed by atoms with van der Waals surface area (Å²) in [5.41, 5.74) is 1.74. The van der Waals surface area contributed by atoms with Crippen LogP contribution in [0.15, 0.2) is 64.0 Å². The number of benzene rings is 2. The number of methoxy groups -OCH3 is 1. The highest BCUT2D eigenvalue weighted by Gasteiger charge is 2.33. The van der Waals surface area contributed by atoms with E-state index >= 15 is 0 Å². The zero-order valence-corrected chi connectivity index (χ0v) is 22.7. The van der Waals surface area contributed by atoms with E-state index in [1.165, 1.54) is 11.2 Å². The number of alkyl halides is 1. The van der Waals surface area contributed by atoms with Crippen LogP contribution in [0.4, 0.5) is 0 Å². The predicted molar refractivity (Wildman–Crippen MR) is 145 cm³/mol. The number of nitrogens with zero attached hydrogens (tertiary/aromatic N) is 2. The van der Waals surface area contributed by atoms with Crippen LogP contribution in [0.1, 0.15) is 37.0 Å². The van der Waals surface area contributed by atoms with Gasteiger partial charge in [-0.3, -0.25) is 14.4 Å². The summed E-state index contributed by atoms with van der Waals surface area (Å²) >= 11 is 6.07. The highest BCUT2D eigenvalue weighted by atomic mass is 35.5. The van der Waals surface area contributed by atoms with Crippen molar-refractivity contribution in [3.8, 4) is 0 Å². The smallest absolute Gasteiger partial charge is 0.242 e. The number of amides is 2. The van der Waals surface area contributed by atoms with E-state index in [0.717, 1.165) is 11.1 Å². The number of hydrogen-bond acceptors (Lipinski definition) is 5. The zero-order chi connectivity index (χ0) is 27.0. The Labute approximate surface area is 223 Å². The first-order chi connectivity index (χ1) is 17.7. The van der Waals surface area contributed by atoms with E-state index in [4.69, 9.17) is 20.8 Å². The summed E-state index contributed by atoms with van der Waals surface area (Å²) in [5.74, 6) is -0.345. The van der Waals surface area contributed by atoms with Crippen LogP contribution < -0.4 is 5.43 Å². The van der Waals surface area contributed by atoms with Crippen molar-refractivity contribution >= 4 is 34.4 Å². The summed E-state index contributed by atoms with van der Waals surface area (Å²) in [5, 5.41) is 0.477. The van der Waals surface area contributed by atoms with Gasteiger partial charge in [0.1, 0.15) is 5.58 Å². The molecule has 0 atom stereocenters. The largest absolute Gasteiger partial charge is 0.464 e. The van der Waals surface area contributed by atoms with Gasteiger partial charge in [-0.05, 0) is 44.9 Å². The Kier molecular flexibility index (Phi) is 9.89. The minimum Gasteiger partial charge on any atom is -0.464 e. The molecule has 0 radical (unpaired) electrons. The van der Waals surface area contributed by atoms with Gasteiger partial charge < -0.3 is 19.0 Å². The van der Waals surface area contributed by atoms with E-state index in [1.54, 1.807) is 38.0 Å². The second kappa shape index (κ2) is 12.9. The van der Waals surface area contributed by atoms with Gasteiger partial charge in [0.15, 0.2) is 5.43 Å². The molecule has 0 saturated heterocycles. The fourth-order valence-corrected chi connectivity index (χ4v) is 4.15. The second-order valence-corrected chi connectivity index (χ2v) is 10.2. The Morgan fingerprint density at radius 3 is 2.46 bits per heavy atom. The molecule has 8 heteroatoms. The lowest BCUT2D eigenvalue weighted by atomic mass is 9.94. The summed E-state index contributed by atoms with van der Waals surface area (Å²) in [6.45, 7) is 6.46. The van der Waals surface area contributed by atoms with E-state index < -0.39 is 5.41 Å². The van der Waals surface area contributed by atoms with Gasteiger partial charge in [-0.15, -0.1) is 11.6 Å². The first kappa shape index (κ1) is 28.4. The molecule has 2 aromatic carbocycles. The molecule has 7 nitrogen and oxygen atoms in total. The molecule has 37 heavy (non-hydrogen) atoms. The molecule has 0 aliphatic heterocycles. The molecule has 1 aromatic heterocycles. The van der Waals surface area contributed by atoms with Crippen LogP contribution in [-0.2, 0) is 27.4 Å². The first-order valence-corrected chi connectivity index (χ1v) is 12.9. The summed E-state index contributed by atoms with van der Waals surface area (Å²) in [4.78, 5) is 43.3. The molecule has 198 valence electrons. The van der Waals surface area contributed by atoms with Crippen LogP contribution >= 0.6 is 11.6 Å². The molecule has 0 spiro atoms. The number of rotatable bonds is 12. The van der Waals surface area contributed by atoms with Gasteiger partial charge in [0.2, 0.25) is 11.8 Å². The lowest BCUT2D eigenvalue weighted by molar-refractivity contribution is -0.146. The standard InChI is InChI=1S/C29H35ClN2O5/c1-21-11-12-25-24(15-21)27(34)23(19-37-25)17-32(16-22-9-6-5-7-10-22)26(33)18-31(13-8-14-36-4)28(35)29(2,3)20-30/h5-7,9-12,15,19H,8,13-14,16-18,20H2,1-4H3. The number of hydrogen-bond donors (Lipinski definition) is 0. The SMILES string of the molecule is COCCCN(CC(=O)N(Cc1ccccc1)Cc1coc2ccc(C)cc2c1=O)C(=O)C(C)(C)CCl. The van der Waals surface area contributed by atoms with Gasteiger partial charge in [0, 0.05) is 32.7 Å². The maximum Gasteiger partial charge on any atom is 0.242 e. The van der Waals surface area contributed by atoms with E-state index in [0.29, 0.717) is 36.1 Å². The summed E-state index contributed by atoms with van der Waals surface area (Å²) in [7, 11) is 1.60. The summed E-state index contributed by atoms with van der Waals surface area (Å²) in [6.07, 6.45) is 2.00. The quantitative estimate of drug-likeness (QED) is 0.251. The maximum absolute atomic E-state index is 13.7. The summed E-state index contributed by atoms with van der Waals surface area (Å²) in [6, 6.07) is 15.0. The number of aryl methyl sites for hydroxylation is 1. The third kappa shape index (κ3) is 7.43. The van der Waals surface area contributed by atoms with Crippen molar-refractivity contribution in [1.82, 2.24) is 9.80 Å². The Hall–Kier alpha value is -3.16. The van der Waals surface area contributed by atoms with Crippen LogP contribution in [0.3, 0.4) is 0 Å². The second-order valence-electron chi connectivity index (χ2n) is 9.92. The van der Waals surface area contributed by atoms with Crippen LogP contribution in [-0.4, -0.2) is 54.3 Å². The van der Waals surface area contributed by atoms with E-state index in [2.05, 4.69) is 0 Å². The number of fused-ring (bicyclic) bond motifs is 1. The molecule has 0 bridgehead atoms. The van der Waals surface area contributed by atoms with Crippen LogP contribution in [0.2, 0.25) is 0 Å². The Balaban J connectivity index is 1.92. The molecule has 2 amide bonds. The minimum atomic E-state index is -0.823. The molecule has 0 aliphatic carbocycles. The number of carbonyl (C=O) groups is 2. The van der Waals surface area contributed by atoms with Gasteiger partial charge in [-0.2, -0.15) is 0 Å². The molecular formula is C29H35ClN2O5. The fraction of sp³-hybridized carbons (Fsp3) is 0.414. The lowest BCUT2D eigenvalue weighted by Gasteiger charge is -2.32. The molecule has 0 aliphatic rings. The Morgan fingerprint density at radius 2 is 1.78 bits per heavy atom. The Morgan fingerprint density at radius 1 is 1.05 bits per heavy atom. The monoisotopic (exact) mass is 526 g/mol. The van der Waals surface area contributed by atoms with E-state index in [-0.39, 0.29) is 42.8 Å². The normalized spacial score (nSPS) is 11.5. The molecule has 0 N–H and O–H groups in total. The van der Waals surface area contributed by atoms with E-state index in [9.17, 15) is 14.4 Å². The van der Waals surface area contributed by atoms with Crippen molar-refractivity contribution in [2.75, 3.05) is 32.7 Å². The van der Waals surface area contributed by atoms with Crippen molar-refractivity contribution in [2.24, 2.45) is 5.41 Å². The van der Waals surface area contributed by atoms with Crippen LogP contribution in [0.5, 0.6) is 0 Å². The average Bonchev–Trinajstić information content (AvgIpc) is 2.89. The number of halogens is 1. The van der Waals surface area contributed by atoms with Gasteiger partial charge in [0.05, 0.1) is 35.7 Å². The van der Waals surface area contributed by atoms with Crippen LogP contribution in [0.25, 0.3) is 11.0 Å².